The van der Waals surface area contributed by atoms with Crippen molar-refractivity contribution < 1.29 is 14.3 Å². The first-order chi connectivity index (χ1) is 13.0. The first-order valence-electron chi connectivity index (χ1n) is 10.1. The van der Waals surface area contributed by atoms with Crippen molar-refractivity contribution in [2.24, 2.45) is 23.7 Å². The average Bonchev–Trinajstić information content (AvgIpc) is 2.64. The Morgan fingerprint density at radius 1 is 1.30 bits per heavy atom. The van der Waals surface area contributed by atoms with Crippen LogP contribution in [-0.2, 0) is 11.3 Å². The van der Waals surface area contributed by atoms with Crippen LogP contribution < -0.4 is 5.32 Å². The van der Waals surface area contributed by atoms with Crippen molar-refractivity contribution in [3.05, 3.63) is 59.4 Å². The number of aryl methyl sites for hydroxylation is 1. The van der Waals surface area contributed by atoms with Crippen LogP contribution in [0, 0.1) is 36.4 Å². The SMILES string of the molecule is Cc1ccc(CNC[C@@H]2[C@@H](/C=C\CCCC(=O)O)[C@H]3C=C[C@@H]2CC3)c(F)c1. The number of unbranched alkanes of at least 4 members (excludes halogenated alkanes) is 1. The zero-order valence-electron chi connectivity index (χ0n) is 16.0. The summed E-state index contributed by atoms with van der Waals surface area (Å²) in [6, 6.07) is 5.41. The topological polar surface area (TPSA) is 49.3 Å². The Bertz CT molecular complexity index is 712. The molecule has 1 fully saturated rings. The zero-order valence-corrected chi connectivity index (χ0v) is 16.0. The monoisotopic (exact) mass is 371 g/mol. The second-order valence-corrected chi connectivity index (χ2v) is 7.97. The maximum Gasteiger partial charge on any atom is 0.303 e. The van der Waals surface area contributed by atoms with Gasteiger partial charge in [-0.15, -0.1) is 0 Å². The maximum atomic E-state index is 14.0. The van der Waals surface area contributed by atoms with Gasteiger partial charge in [-0.2, -0.15) is 0 Å². The molecule has 0 unspecified atom stereocenters. The van der Waals surface area contributed by atoms with Crippen molar-refractivity contribution in [3.63, 3.8) is 0 Å². The van der Waals surface area contributed by atoms with E-state index in [1.807, 2.05) is 19.1 Å². The summed E-state index contributed by atoms with van der Waals surface area (Å²) in [5.41, 5.74) is 1.66. The number of hydrogen-bond acceptors (Lipinski definition) is 2. The van der Waals surface area contributed by atoms with Gasteiger partial charge in [0.05, 0.1) is 0 Å². The van der Waals surface area contributed by atoms with Crippen LogP contribution in [0.1, 0.15) is 43.2 Å². The molecule has 1 aromatic rings. The molecule has 0 aromatic heterocycles. The van der Waals surface area contributed by atoms with Crippen LogP contribution in [0.4, 0.5) is 4.39 Å². The van der Waals surface area contributed by atoms with Crippen molar-refractivity contribution in [3.8, 4) is 0 Å². The molecule has 146 valence electrons. The highest BCUT2D eigenvalue weighted by Crippen LogP contribution is 2.45. The van der Waals surface area contributed by atoms with Crippen molar-refractivity contribution in [2.45, 2.75) is 45.6 Å². The third-order valence-electron chi connectivity index (χ3n) is 6.00. The van der Waals surface area contributed by atoms with Crippen LogP contribution in [0.15, 0.2) is 42.5 Å². The summed E-state index contributed by atoms with van der Waals surface area (Å²) in [5, 5.41) is 12.2. The van der Waals surface area contributed by atoms with E-state index in [-0.39, 0.29) is 12.2 Å². The standard InChI is InChI=1S/C23H30FNO2/c1-16-7-8-19(22(24)13-16)14-25-15-21-18-11-9-17(10-12-18)20(21)5-3-2-4-6-23(26)27/h3,5,7-9,11,13,17-18,20-21,25H,2,4,6,10,12,14-15H2,1H3,(H,26,27)/b5-3-/t17-,18+,20-,21-/m0/s1. The molecule has 3 nitrogen and oxygen atoms in total. The predicted octanol–water partition coefficient (Wildman–Crippen LogP) is 4.86. The van der Waals surface area contributed by atoms with E-state index in [2.05, 4.69) is 29.6 Å². The Morgan fingerprint density at radius 2 is 2.07 bits per heavy atom. The van der Waals surface area contributed by atoms with Crippen LogP contribution in [0.25, 0.3) is 0 Å². The molecule has 0 aliphatic heterocycles. The maximum absolute atomic E-state index is 14.0. The summed E-state index contributed by atoms with van der Waals surface area (Å²) in [4.78, 5) is 10.6. The number of hydrogen-bond donors (Lipinski definition) is 2. The van der Waals surface area contributed by atoms with Crippen LogP contribution in [0.5, 0.6) is 0 Å². The number of allylic oxidation sites excluding steroid dienone is 4. The van der Waals surface area contributed by atoms with Gasteiger partial charge in [-0.1, -0.05) is 36.4 Å². The minimum absolute atomic E-state index is 0.137. The number of rotatable bonds is 9. The number of halogens is 1. The smallest absolute Gasteiger partial charge is 0.303 e. The highest BCUT2D eigenvalue weighted by molar-refractivity contribution is 5.66. The fourth-order valence-electron chi connectivity index (χ4n) is 4.51. The lowest BCUT2D eigenvalue weighted by Gasteiger charge is -2.44. The summed E-state index contributed by atoms with van der Waals surface area (Å²) < 4.78 is 14.0. The molecular formula is C23H30FNO2. The molecule has 1 saturated carbocycles. The number of carboxylic acids is 1. The molecule has 3 aliphatic rings. The van der Waals surface area contributed by atoms with Crippen molar-refractivity contribution in [2.75, 3.05) is 6.54 Å². The molecule has 0 spiro atoms. The lowest BCUT2D eigenvalue weighted by molar-refractivity contribution is -0.137. The Kier molecular flexibility index (Phi) is 6.84. The van der Waals surface area contributed by atoms with Gasteiger partial charge in [-0.3, -0.25) is 4.79 Å². The summed E-state index contributed by atoms with van der Waals surface area (Å²) in [6.45, 7) is 3.33. The van der Waals surface area contributed by atoms with Gasteiger partial charge in [-0.05, 0) is 74.5 Å². The van der Waals surface area contributed by atoms with E-state index in [1.54, 1.807) is 6.07 Å². The summed E-state index contributed by atoms with van der Waals surface area (Å²) >= 11 is 0. The molecule has 2 bridgehead atoms. The quantitative estimate of drug-likeness (QED) is 0.481. The molecule has 4 atom stereocenters. The van der Waals surface area contributed by atoms with Crippen molar-refractivity contribution in [1.29, 1.82) is 0 Å². The average molecular weight is 371 g/mol. The van der Waals surface area contributed by atoms with E-state index in [9.17, 15) is 9.18 Å². The third kappa shape index (κ3) is 5.29. The number of benzene rings is 1. The van der Waals surface area contributed by atoms with Gasteiger partial charge in [0.25, 0.3) is 0 Å². The minimum atomic E-state index is -0.728. The van der Waals surface area contributed by atoms with Gasteiger partial charge in [0, 0.05) is 18.5 Å². The third-order valence-corrected chi connectivity index (χ3v) is 6.00. The van der Waals surface area contributed by atoms with Gasteiger partial charge >= 0.3 is 5.97 Å². The van der Waals surface area contributed by atoms with Crippen LogP contribution in [0.2, 0.25) is 0 Å². The van der Waals surface area contributed by atoms with Crippen LogP contribution in [-0.4, -0.2) is 17.6 Å². The molecule has 2 N–H and O–H groups in total. The van der Waals surface area contributed by atoms with E-state index in [0.717, 1.165) is 24.1 Å². The van der Waals surface area contributed by atoms with Crippen molar-refractivity contribution in [1.82, 2.24) is 5.32 Å². The molecule has 0 amide bonds. The summed E-state index contributed by atoms with van der Waals surface area (Å²) in [7, 11) is 0. The number of nitrogens with one attached hydrogen (secondary N) is 1. The minimum Gasteiger partial charge on any atom is -0.481 e. The van der Waals surface area contributed by atoms with E-state index in [4.69, 9.17) is 5.11 Å². The van der Waals surface area contributed by atoms with Gasteiger partial charge in [0.15, 0.2) is 0 Å². The van der Waals surface area contributed by atoms with E-state index < -0.39 is 5.97 Å². The second-order valence-electron chi connectivity index (χ2n) is 7.97. The van der Waals surface area contributed by atoms with E-state index in [0.29, 0.717) is 36.6 Å². The molecule has 4 rings (SSSR count). The molecule has 0 heterocycles. The number of carbonyl (C=O) groups is 1. The number of aliphatic carboxylic acids is 1. The van der Waals surface area contributed by atoms with Crippen LogP contribution >= 0.6 is 0 Å². The van der Waals surface area contributed by atoms with Crippen molar-refractivity contribution >= 4 is 5.97 Å². The Morgan fingerprint density at radius 3 is 2.78 bits per heavy atom. The molecule has 0 radical (unpaired) electrons. The highest BCUT2D eigenvalue weighted by Gasteiger charge is 2.38. The normalized spacial score (nSPS) is 26.7. The first kappa shape index (κ1) is 19.8. The fraction of sp³-hybridized carbons (Fsp3) is 0.522. The first-order valence-corrected chi connectivity index (χ1v) is 10.1. The van der Waals surface area contributed by atoms with Gasteiger partial charge < -0.3 is 10.4 Å². The number of carboxylic acid groups (broad SMARTS) is 1. The predicted molar refractivity (Wildman–Crippen MR) is 106 cm³/mol. The highest BCUT2D eigenvalue weighted by atomic mass is 19.1. The lowest BCUT2D eigenvalue weighted by atomic mass is 9.62. The largest absolute Gasteiger partial charge is 0.481 e. The molecule has 27 heavy (non-hydrogen) atoms. The van der Waals surface area contributed by atoms with Gasteiger partial charge in [-0.25, -0.2) is 4.39 Å². The lowest BCUT2D eigenvalue weighted by Crippen LogP contribution is -2.41. The molecule has 3 aliphatic carbocycles. The summed E-state index contributed by atoms with van der Waals surface area (Å²) in [5.74, 6) is 1.32. The molecule has 4 heteroatoms. The molecule has 1 aromatic carbocycles. The van der Waals surface area contributed by atoms with Gasteiger partial charge in [0.1, 0.15) is 5.82 Å². The van der Waals surface area contributed by atoms with E-state index >= 15 is 0 Å². The Balaban J connectivity index is 1.55. The zero-order chi connectivity index (χ0) is 19.2. The van der Waals surface area contributed by atoms with E-state index in [1.165, 1.54) is 12.8 Å². The Labute approximate surface area is 161 Å². The summed E-state index contributed by atoms with van der Waals surface area (Å²) in [6.07, 6.45) is 13.4. The molecular weight excluding hydrogens is 341 g/mol. The number of fused-ring (bicyclic) bond motifs is 2. The second kappa shape index (κ2) is 9.32. The Hall–Kier alpha value is -1.94. The fourth-order valence-corrected chi connectivity index (χ4v) is 4.51. The van der Waals surface area contributed by atoms with Gasteiger partial charge in [0.2, 0.25) is 0 Å². The molecule has 0 saturated heterocycles. The van der Waals surface area contributed by atoms with Crippen LogP contribution in [0.3, 0.4) is 0 Å².